The maximum atomic E-state index is 12.3. The Hall–Kier alpha value is -0.610. The Morgan fingerprint density at radius 3 is 2.76 bits per heavy atom. The van der Waals surface area contributed by atoms with Crippen LogP contribution in [-0.2, 0) is 4.79 Å². The van der Waals surface area contributed by atoms with Crippen LogP contribution in [0.5, 0.6) is 0 Å². The molecule has 0 aromatic rings. The van der Waals surface area contributed by atoms with Crippen molar-refractivity contribution in [2.75, 3.05) is 19.6 Å². The number of rotatable bonds is 3. The molecule has 120 valence electrons. The molecule has 0 bridgehead atoms. The van der Waals surface area contributed by atoms with E-state index >= 15 is 0 Å². The molecule has 6 unspecified atom stereocenters. The van der Waals surface area contributed by atoms with Crippen LogP contribution in [0.3, 0.4) is 0 Å². The van der Waals surface area contributed by atoms with Crippen LogP contribution in [-0.4, -0.2) is 42.5 Å². The summed E-state index contributed by atoms with van der Waals surface area (Å²) in [6, 6.07) is 0.743. The van der Waals surface area contributed by atoms with Gasteiger partial charge in [0.15, 0.2) is 0 Å². The molecule has 4 nitrogen and oxygen atoms in total. The number of fused-ring (bicyclic) bond motifs is 1. The maximum Gasteiger partial charge on any atom is 0.234 e. The number of nitrogens with zero attached hydrogens (tertiary/aromatic N) is 1. The van der Waals surface area contributed by atoms with Gasteiger partial charge in [-0.25, -0.2) is 0 Å². The van der Waals surface area contributed by atoms with Crippen molar-refractivity contribution in [1.29, 1.82) is 0 Å². The molecular weight excluding hydrogens is 262 g/mol. The number of likely N-dealkylation sites (tertiary alicyclic amines) is 1. The van der Waals surface area contributed by atoms with E-state index in [1.165, 1.54) is 25.7 Å². The Kier molecular flexibility index (Phi) is 4.55. The van der Waals surface area contributed by atoms with E-state index in [1.54, 1.807) is 0 Å². The van der Waals surface area contributed by atoms with E-state index in [4.69, 9.17) is 5.73 Å². The van der Waals surface area contributed by atoms with Crippen LogP contribution < -0.4 is 11.1 Å². The summed E-state index contributed by atoms with van der Waals surface area (Å²) in [5.74, 6) is 2.92. The summed E-state index contributed by atoms with van der Waals surface area (Å²) in [5.41, 5.74) is 6.17. The summed E-state index contributed by atoms with van der Waals surface area (Å²) in [5, 5.41) is 3.29. The lowest BCUT2D eigenvalue weighted by atomic mass is 9.78. The van der Waals surface area contributed by atoms with E-state index in [-0.39, 0.29) is 5.91 Å². The van der Waals surface area contributed by atoms with E-state index in [1.807, 2.05) is 0 Å². The summed E-state index contributed by atoms with van der Waals surface area (Å²) in [7, 11) is 0. The predicted molar refractivity (Wildman–Crippen MR) is 84.7 cm³/mol. The Morgan fingerprint density at radius 2 is 2.00 bits per heavy atom. The second kappa shape index (κ2) is 6.25. The van der Waals surface area contributed by atoms with Crippen LogP contribution in [0.4, 0.5) is 0 Å². The smallest absolute Gasteiger partial charge is 0.234 e. The highest BCUT2D eigenvalue weighted by Crippen LogP contribution is 2.37. The van der Waals surface area contributed by atoms with Crippen molar-refractivity contribution in [3.05, 3.63) is 0 Å². The average Bonchev–Trinajstić information content (AvgIpc) is 2.97. The first-order valence-electron chi connectivity index (χ1n) is 8.82. The normalized spacial score (nSPS) is 43.8. The first-order valence-corrected chi connectivity index (χ1v) is 8.82. The Morgan fingerprint density at radius 1 is 1.19 bits per heavy atom. The zero-order valence-corrected chi connectivity index (χ0v) is 13.6. The van der Waals surface area contributed by atoms with E-state index in [9.17, 15) is 4.79 Å². The molecular formula is C17H31N3O. The van der Waals surface area contributed by atoms with Crippen molar-refractivity contribution in [3.63, 3.8) is 0 Å². The molecule has 3 N–H and O–H groups in total. The topological polar surface area (TPSA) is 58.4 Å². The van der Waals surface area contributed by atoms with Crippen LogP contribution in [0.25, 0.3) is 0 Å². The zero-order valence-electron chi connectivity index (χ0n) is 13.6. The van der Waals surface area contributed by atoms with E-state index in [0.717, 1.165) is 31.3 Å². The summed E-state index contributed by atoms with van der Waals surface area (Å²) in [4.78, 5) is 14.7. The van der Waals surface area contributed by atoms with E-state index < -0.39 is 0 Å². The van der Waals surface area contributed by atoms with Gasteiger partial charge in [-0.1, -0.05) is 26.7 Å². The van der Waals surface area contributed by atoms with Gasteiger partial charge in [0.25, 0.3) is 0 Å². The first kappa shape index (κ1) is 15.3. The van der Waals surface area contributed by atoms with Crippen molar-refractivity contribution in [2.45, 2.75) is 58.0 Å². The third kappa shape index (κ3) is 3.26. The number of carbonyl (C=O) groups excluding carboxylic acids is 1. The average molecular weight is 293 g/mol. The van der Waals surface area contributed by atoms with Gasteiger partial charge < -0.3 is 11.1 Å². The van der Waals surface area contributed by atoms with Gasteiger partial charge >= 0.3 is 0 Å². The van der Waals surface area contributed by atoms with Crippen molar-refractivity contribution in [3.8, 4) is 0 Å². The molecule has 1 saturated heterocycles. The molecule has 2 aliphatic carbocycles. The van der Waals surface area contributed by atoms with Crippen molar-refractivity contribution in [2.24, 2.45) is 29.4 Å². The number of hydrogen-bond donors (Lipinski definition) is 2. The zero-order chi connectivity index (χ0) is 15.0. The van der Waals surface area contributed by atoms with Gasteiger partial charge in [0.2, 0.25) is 5.91 Å². The lowest BCUT2D eigenvalue weighted by molar-refractivity contribution is -0.123. The highest BCUT2D eigenvalue weighted by molar-refractivity contribution is 5.78. The van der Waals surface area contributed by atoms with Gasteiger partial charge in [0.05, 0.1) is 6.54 Å². The number of amides is 1. The molecule has 0 radical (unpaired) electrons. The lowest BCUT2D eigenvalue weighted by Crippen LogP contribution is -2.47. The van der Waals surface area contributed by atoms with Crippen LogP contribution >= 0.6 is 0 Å². The summed E-state index contributed by atoms with van der Waals surface area (Å²) in [6.45, 7) is 7.26. The van der Waals surface area contributed by atoms with Crippen molar-refractivity contribution < 1.29 is 4.79 Å². The SMILES string of the molecule is CC1CCCC(NC(=O)CN2CC3CCC(N)C3C2)C1C. The van der Waals surface area contributed by atoms with Crippen LogP contribution in [0.15, 0.2) is 0 Å². The minimum absolute atomic E-state index is 0.217. The summed E-state index contributed by atoms with van der Waals surface area (Å²) in [6.07, 6.45) is 6.13. The Labute approximate surface area is 128 Å². The summed E-state index contributed by atoms with van der Waals surface area (Å²) >= 11 is 0. The molecule has 2 saturated carbocycles. The molecule has 3 fully saturated rings. The molecule has 0 aromatic carbocycles. The molecule has 3 aliphatic rings. The van der Waals surface area contributed by atoms with Gasteiger partial charge in [-0.2, -0.15) is 0 Å². The van der Waals surface area contributed by atoms with Crippen LogP contribution in [0.1, 0.15) is 46.0 Å². The van der Waals surface area contributed by atoms with Gasteiger partial charge in [-0.05, 0) is 42.9 Å². The molecule has 1 heterocycles. The van der Waals surface area contributed by atoms with Crippen molar-refractivity contribution in [1.82, 2.24) is 10.2 Å². The van der Waals surface area contributed by atoms with Gasteiger partial charge in [-0.3, -0.25) is 9.69 Å². The largest absolute Gasteiger partial charge is 0.352 e. The minimum atomic E-state index is 0.217. The van der Waals surface area contributed by atoms with Crippen LogP contribution in [0.2, 0.25) is 0 Å². The second-order valence-electron chi connectivity index (χ2n) is 7.80. The van der Waals surface area contributed by atoms with E-state index in [2.05, 4.69) is 24.1 Å². The Balaban J connectivity index is 1.47. The highest BCUT2D eigenvalue weighted by atomic mass is 16.2. The number of nitrogens with two attached hydrogens (primary N) is 1. The minimum Gasteiger partial charge on any atom is -0.352 e. The lowest BCUT2D eigenvalue weighted by Gasteiger charge is -2.35. The van der Waals surface area contributed by atoms with E-state index in [0.29, 0.717) is 30.5 Å². The third-order valence-corrected chi connectivity index (χ3v) is 6.41. The fourth-order valence-corrected chi connectivity index (χ4v) is 4.77. The van der Waals surface area contributed by atoms with Gasteiger partial charge in [0, 0.05) is 25.2 Å². The monoisotopic (exact) mass is 293 g/mol. The fraction of sp³-hybridized carbons (Fsp3) is 0.941. The number of nitrogens with one attached hydrogen (secondary N) is 1. The fourth-order valence-electron chi connectivity index (χ4n) is 4.77. The number of carbonyl (C=O) groups is 1. The molecule has 0 spiro atoms. The number of hydrogen-bond acceptors (Lipinski definition) is 3. The van der Waals surface area contributed by atoms with Crippen molar-refractivity contribution >= 4 is 5.91 Å². The molecule has 6 atom stereocenters. The van der Waals surface area contributed by atoms with Gasteiger partial charge in [-0.15, -0.1) is 0 Å². The highest BCUT2D eigenvalue weighted by Gasteiger charge is 2.41. The first-order chi connectivity index (χ1) is 10.0. The molecule has 4 heteroatoms. The molecule has 1 aliphatic heterocycles. The predicted octanol–water partition coefficient (Wildman–Crippen LogP) is 1.60. The quantitative estimate of drug-likeness (QED) is 0.831. The molecule has 1 amide bonds. The van der Waals surface area contributed by atoms with Crippen LogP contribution in [0, 0.1) is 23.7 Å². The third-order valence-electron chi connectivity index (χ3n) is 6.41. The molecule has 0 aromatic heterocycles. The Bertz CT molecular complexity index is 386. The van der Waals surface area contributed by atoms with Gasteiger partial charge in [0.1, 0.15) is 0 Å². The standard InChI is InChI=1S/C17H31N3O/c1-11-4-3-5-16(12(11)2)19-17(21)10-20-8-13-6-7-15(18)14(13)9-20/h11-16H,3-10,18H2,1-2H3,(H,19,21). The maximum absolute atomic E-state index is 12.3. The molecule has 3 rings (SSSR count). The second-order valence-corrected chi connectivity index (χ2v) is 7.80. The summed E-state index contributed by atoms with van der Waals surface area (Å²) < 4.78 is 0. The molecule has 21 heavy (non-hydrogen) atoms.